The summed E-state index contributed by atoms with van der Waals surface area (Å²) in [7, 11) is -0.643. The Kier molecular flexibility index (Phi) is 3.02. The number of hydrogen-bond acceptors (Lipinski definition) is 0. The molecule has 0 heterocycles. The fraction of sp³-hybridized carbons (Fsp3) is 0.143. The molecule has 0 saturated heterocycles. The molecule has 0 saturated carbocycles. The molecule has 1 heteroatoms. The molecular weight excluding hydrogens is 196 g/mol. The highest BCUT2D eigenvalue weighted by atomic mass is 28.3. The highest BCUT2D eigenvalue weighted by molar-refractivity contribution is 6.70. The van der Waals surface area contributed by atoms with Gasteiger partial charge in [-0.2, -0.15) is 0 Å². The van der Waals surface area contributed by atoms with Crippen molar-refractivity contribution in [2.45, 2.75) is 13.1 Å². The first kappa shape index (κ1) is 10.2. The summed E-state index contributed by atoms with van der Waals surface area (Å²) in [5, 5.41) is 1.54. The van der Waals surface area contributed by atoms with Crippen molar-refractivity contribution in [2.24, 2.45) is 0 Å². The van der Waals surface area contributed by atoms with Gasteiger partial charge in [0.2, 0.25) is 0 Å². The first-order valence-electron chi connectivity index (χ1n) is 5.43. The van der Waals surface area contributed by atoms with Gasteiger partial charge in [0.1, 0.15) is 0 Å². The molecule has 0 radical (unpaired) electrons. The second-order valence-electron chi connectivity index (χ2n) is 4.14. The van der Waals surface area contributed by atoms with Crippen molar-refractivity contribution in [3.8, 4) is 11.1 Å². The predicted molar refractivity (Wildman–Crippen MR) is 70.4 cm³/mol. The van der Waals surface area contributed by atoms with Gasteiger partial charge < -0.3 is 0 Å². The molecule has 0 N–H and O–H groups in total. The zero-order valence-electron chi connectivity index (χ0n) is 9.27. The van der Waals surface area contributed by atoms with E-state index in [4.69, 9.17) is 0 Å². The summed E-state index contributed by atoms with van der Waals surface area (Å²) in [5.41, 5.74) is 2.61. The third-order valence-corrected chi connectivity index (χ3v) is 4.40. The zero-order valence-corrected chi connectivity index (χ0v) is 10.4. The van der Waals surface area contributed by atoms with Gasteiger partial charge in [0.25, 0.3) is 0 Å². The highest BCUT2D eigenvalue weighted by Crippen LogP contribution is 2.17. The van der Waals surface area contributed by atoms with E-state index in [0.717, 1.165) is 0 Å². The van der Waals surface area contributed by atoms with Crippen LogP contribution in [-0.2, 0) is 0 Å². The third kappa shape index (κ3) is 2.36. The molecule has 0 fully saturated rings. The minimum absolute atomic E-state index is 0.643. The van der Waals surface area contributed by atoms with Crippen LogP contribution < -0.4 is 5.19 Å². The average Bonchev–Trinajstić information content (AvgIpc) is 2.30. The fourth-order valence-corrected chi connectivity index (χ4v) is 2.65. The van der Waals surface area contributed by atoms with Crippen molar-refractivity contribution in [1.82, 2.24) is 0 Å². The van der Waals surface area contributed by atoms with Crippen LogP contribution >= 0.6 is 0 Å². The Bertz CT molecular complexity index is 415. The lowest BCUT2D eigenvalue weighted by atomic mass is 10.1. The van der Waals surface area contributed by atoms with Gasteiger partial charge in [-0.3, -0.25) is 0 Å². The summed E-state index contributed by atoms with van der Waals surface area (Å²) in [6.07, 6.45) is 0. The number of rotatable bonds is 2. The second-order valence-corrected chi connectivity index (χ2v) is 7.12. The van der Waals surface area contributed by atoms with Crippen LogP contribution in [0.4, 0.5) is 0 Å². The minimum Gasteiger partial charge on any atom is -0.0682 e. The Morgan fingerprint density at radius 3 is 1.73 bits per heavy atom. The molecule has 2 aromatic carbocycles. The lowest BCUT2D eigenvalue weighted by Crippen LogP contribution is -2.21. The third-order valence-electron chi connectivity index (χ3n) is 2.68. The van der Waals surface area contributed by atoms with Crippen molar-refractivity contribution in [2.75, 3.05) is 0 Å². The zero-order chi connectivity index (χ0) is 10.7. The van der Waals surface area contributed by atoms with E-state index in [9.17, 15) is 0 Å². The molecule has 76 valence electrons. The molecule has 15 heavy (non-hydrogen) atoms. The van der Waals surface area contributed by atoms with Crippen LogP contribution in [0, 0.1) is 0 Å². The molecule has 0 atom stereocenters. The topological polar surface area (TPSA) is 0 Å². The van der Waals surface area contributed by atoms with E-state index < -0.39 is 8.80 Å². The summed E-state index contributed by atoms with van der Waals surface area (Å²) in [6, 6.07) is 19.6. The Morgan fingerprint density at radius 2 is 1.20 bits per heavy atom. The van der Waals surface area contributed by atoms with Crippen LogP contribution in [0.15, 0.2) is 54.6 Å². The van der Waals surface area contributed by atoms with Crippen LogP contribution in [0.25, 0.3) is 11.1 Å². The monoisotopic (exact) mass is 212 g/mol. The number of benzene rings is 2. The van der Waals surface area contributed by atoms with Crippen LogP contribution in [-0.4, -0.2) is 8.80 Å². The van der Waals surface area contributed by atoms with Crippen LogP contribution in [0.1, 0.15) is 0 Å². The standard InChI is InChI=1S/C14H16Si/c1-15(2)14-10-8-13(9-11-14)12-6-4-3-5-7-12/h3-11,15H,1-2H3. The predicted octanol–water partition coefficient (Wildman–Crippen LogP) is 3.05. The first-order valence-corrected chi connectivity index (χ1v) is 8.31. The maximum absolute atomic E-state index is 2.36. The van der Waals surface area contributed by atoms with E-state index in [1.165, 1.54) is 16.3 Å². The maximum atomic E-state index is 2.36. The van der Waals surface area contributed by atoms with Gasteiger partial charge in [-0.15, -0.1) is 0 Å². The van der Waals surface area contributed by atoms with Gasteiger partial charge >= 0.3 is 0 Å². The molecule has 0 unspecified atom stereocenters. The van der Waals surface area contributed by atoms with Crippen LogP contribution in [0.2, 0.25) is 13.1 Å². The van der Waals surface area contributed by atoms with Crippen LogP contribution in [0.5, 0.6) is 0 Å². The molecule has 0 aromatic heterocycles. The van der Waals surface area contributed by atoms with Gasteiger partial charge in [0, 0.05) is 0 Å². The highest BCUT2D eigenvalue weighted by Gasteiger charge is 2.00. The quantitative estimate of drug-likeness (QED) is 0.671. The van der Waals surface area contributed by atoms with Crippen molar-refractivity contribution in [3.05, 3.63) is 54.6 Å². The van der Waals surface area contributed by atoms with Crippen molar-refractivity contribution in [1.29, 1.82) is 0 Å². The Morgan fingerprint density at radius 1 is 0.667 bits per heavy atom. The van der Waals surface area contributed by atoms with Gasteiger partial charge in [-0.05, 0) is 11.1 Å². The summed E-state index contributed by atoms with van der Waals surface area (Å²) >= 11 is 0. The van der Waals surface area contributed by atoms with Gasteiger partial charge in [0.05, 0.1) is 8.80 Å². The van der Waals surface area contributed by atoms with Gasteiger partial charge in [-0.1, -0.05) is 72.9 Å². The van der Waals surface area contributed by atoms with Gasteiger partial charge in [-0.25, -0.2) is 0 Å². The first-order chi connectivity index (χ1) is 7.27. The summed E-state index contributed by atoms with van der Waals surface area (Å²) in [5.74, 6) is 0. The summed E-state index contributed by atoms with van der Waals surface area (Å²) in [6.45, 7) is 4.72. The molecule has 0 nitrogen and oxygen atoms in total. The van der Waals surface area contributed by atoms with E-state index in [1.54, 1.807) is 0 Å². The summed E-state index contributed by atoms with van der Waals surface area (Å²) in [4.78, 5) is 0. The van der Waals surface area contributed by atoms with E-state index in [1.807, 2.05) is 0 Å². The molecule has 0 bridgehead atoms. The Labute approximate surface area is 93.2 Å². The molecule has 0 aliphatic carbocycles. The Hall–Kier alpha value is -1.34. The molecule has 0 aliphatic heterocycles. The molecular formula is C14H16Si. The lowest BCUT2D eigenvalue weighted by Gasteiger charge is -2.05. The fourth-order valence-electron chi connectivity index (χ4n) is 1.69. The van der Waals surface area contributed by atoms with Crippen molar-refractivity contribution < 1.29 is 0 Å². The lowest BCUT2D eigenvalue weighted by molar-refractivity contribution is 1.63. The summed E-state index contributed by atoms with van der Waals surface area (Å²) < 4.78 is 0. The van der Waals surface area contributed by atoms with Gasteiger partial charge in [0.15, 0.2) is 0 Å². The molecule has 2 rings (SSSR count). The minimum atomic E-state index is -0.643. The van der Waals surface area contributed by atoms with E-state index in [-0.39, 0.29) is 0 Å². The maximum Gasteiger partial charge on any atom is 0.0647 e. The second kappa shape index (κ2) is 4.45. The molecule has 2 aromatic rings. The SMILES string of the molecule is C[SiH](C)c1ccc(-c2ccccc2)cc1. The largest absolute Gasteiger partial charge is 0.0682 e. The molecule has 0 amide bonds. The van der Waals surface area contributed by atoms with Crippen molar-refractivity contribution in [3.63, 3.8) is 0 Å². The smallest absolute Gasteiger partial charge is 0.0647 e. The molecule has 0 spiro atoms. The average molecular weight is 212 g/mol. The van der Waals surface area contributed by atoms with E-state index in [0.29, 0.717) is 0 Å². The molecule has 0 aliphatic rings. The normalized spacial score (nSPS) is 10.6. The number of hydrogen-bond donors (Lipinski definition) is 0. The van der Waals surface area contributed by atoms with Crippen molar-refractivity contribution >= 4 is 14.0 Å². The van der Waals surface area contributed by atoms with Crippen LogP contribution in [0.3, 0.4) is 0 Å². The van der Waals surface area contributed by atoms with E-state index >= 15 is 0 Å². The Balaban J connectivity index is 2.32. The van der Waals surface area contributed by atoms with E-state index in [2.05, 4.69) is 67.7 Å².